The van der Waals surface area contributed by atoms with Crippen LogP contribution in [0.1, 0.15) is 36.8 Å². The predicted molar refractivity (Wildman–Crippen MR) is 293 cm³/mol. The van der Waals surface area contributed by atoms with Crippen LogP contribution >= 0.6 is 11.6 Å². The molecule has 75 heavy (non-hydrogen) atoms. The second-order valence-corrected chi connectivity index (χ2v) is 19.9. The minimum Gasteiger partial charge on any atom is -0.486 e. The van der Waals surface area contributed by atoms with E-state index in [9.17, 15) is 9.59 Å². The SMILES string of the molecule is CN(C)Cc1cccc(N)c1.CN(C)Cc1cccc(Nc2ccnc(-c3cccc4c3OC(CNC(=O)C3CCOCC3)CO4)c2)c1.O=C(NCC1COc2cccc(-c3cc(Cl)ccn3)c2O1)C1CCOCC1. The number of pyridine rings is 2. The lowest BCUT2D eigenvalue weighted by molar-refractivity contribution is -0.129. The number of para-hydroxylation sites is 2. The highest BCUT2D eigenvalue weighted by Crippen LogP contribution is 2.42. The molecule has 2 saturated heterocycles. The number of carbonyl (C=O) groups excluding carboxylic acids is 2. The van der Waals surface area contributed by atoms with Crippen LogP contribution < -0.4 is 40.6 Å². The Morgan fingerprint density at radius 2 is 1.08 bits per heavy atom. The Kier molecular flexibility index (Phi) is 19.6. The normalized spacial score (nSPS) is 17.2. The number of halogens is 1. The summed E-state index contributed by atoms with van der Waals surface area (Å²) >= 11 is 6.10. The number of nitrogens with zero attached hydrogens (tertiary/aromatic N) is 4. The Balaban J connectivity index is 0.000000171. The summed E-state index contributed by atoms with van der Waals surface area (Å²) in [4.78, 5) is 38.1. The largest absolute Gasteiger partial charge is 0.486 e. The van der Waals surface area contributed by atoms with Crippen molar-refractivity contribution in [3.05, 3.63) is 138 Å². The second-order valence-electron chi connectivity index (χ2n) is 19.5. The van der Waals surface area contributed by atoms with Gasteiger partial charge in [0.25, 0.3) is 0 Å². The summed E-state index contributed by atoms with van der Waals surface area (Å²) in [6.07, 6.45) is 5.96. The average Bonchev–Trinajstić information content (AvgIpc) is 3.42. The smallest absolute Gasteiger partial charge is 0.223 e. The van der Waals surface area contributed by atoms with Gasteiger partial charge in [-0.15, -0.1) is 0 Å². The van der Waals surface area contributed by atoms with Crippen LogP contribution in [0.4, 0.5) is 17.1 Å². The molecule has 5 N–H and O–H groups in total. The number of ether oxygens (including phenoxy) is 6. The number of benzene rings is 4. The fourth-order valence-electron chi connectivity index (χ4n) is 9.05. The molecule has 6 heterocycles. The van der Waals surface area contributed by atoms with Crippen LogP contribution in [-0.2, 0) is 32.2 Å². The summed E-state index contributed by atoms with van der Waals surface area (Å²) in [5.74, 6) is 2.76. The van der Waals surface area contributed by atoms with Crippen molar-refractivity contribution in [1.82, 2.24) is 30.4 Å². The molecule has 4 aromatic carbocycles. The fourth-order valence-corrected chi connectivity index (χ4v) is 9.21. The number of nitrogen functional groups attached to an aromatic ring is 1. The highest BCUT2D eigenvalue weighted by Gasteiger charge is 2.29. The van der Waals surface area contributed by atoms with Crippen LogP contribution in [0.5, 0.6) is 23.0 Å². The molecule has 0 saturated carbocycles. The van der Waals surface area contributed by atoms with Crippen molar-refractivity contribution in [2.45, 2.75) is 51.0 Å². The summed E-state index contributed by atoms with van der Waals surface area (Å²) in [6, 6.07) is 35.3. The van der Waals surface area contributed by atoms with E-state index in [0.717, 1.165) is 78.3 Å². The van der Waals surface area contributed by atoms with Crippen LogP contribution in [0.25, 0.3) is 22.5 Å². The summed E-state index contributed by atoms with van der Waals surface area (Å²) in [5, 5.41) is 10.1. The van der Waals surface area contributed by atoms with Crippen molar-refractivity contribution >= 4 is 40.5 Å². The minimum atomic E-state index is -0.279. The van der Waals surface area contributed by atoms with E-state index in [4.69, 9.17) is 45.8 Å². The topological polar surface area (TPSA) is 184 Å². The molecule has 6 aromatic rings. The number of nitrogens with two attached hydrogens (primary N) is 1. The summed E-state index contributed by atoms with van der Waals surface area (Å²) in [7, 11) is 8.21. The van der Waals surface area contributed by atoms with Gasteiger partial charge in [0.2, 0.25) is 11.8 Å². The van der Waals surface area contributed by atoms with E-state index in [0.29, 0.717) is 80.8 Å². The van der Waals surface area contributed by atoms with E-state index in [1.54, 1.807) is 24.5 Å². The number of rotatable bonds is 14. The maximum absolute atomic E-state index is 12.6. The van der Waals surface area contributed by atoms with E-state index in [1.807, 2.05) is 80.8 Å². The first-order valence-electron chi connectivity index (χ1n) is 25.6. The third kappa shape index (κ3) is 16.0. The van der Waals surface area contributed by atoms with E-state index in [2.05, 4.69) is 80.1 Å². The molecule has 2 unspecified atom stereocenters. The maximum Gasteiger partial charge on any atom is 0.223 e. The Hall–Kier alpha value is -6.95. The molecule has 2 aromatic heterocycles. The standard InChI is InChI=1S/C29H34N4O4.C20H21ClN2O4.C9H14N2/c1-33(2)18-20-5-3-6-22(15-20)32-23-9-12-30-26(16-23)25-7-4-8-27-28(25)37-24(19-36-27)17-31-29(34)21-10-13-35-14-11-21;21-14-4-7-22-17(10-14)16-2-1-3-18-19(16)27-15(12-26-18)11-23-20(24)13-5-8-25-9-6-13;1-11(2)7-8-4-3-5-9(10)6-8/h3-9,12,15-16,21,24H,10-11,13-14,17-19H2,1-2H3,(H,30,32)(H,31,34);1-4,7,10,13,15H,5-6,8-9,11-12H2,(H,23,24);3-6H,7,10H2,1-2H3. The van der Waals surface area contributed by atoms with Gasteiger partial charge in [0, 0.05) is 97.0 Å². The maximum atomic E-state index is 12.6. The Bertz CT molecular complexity index is 2820. The number of aromatic nitrogens is 2. The van der Waals surface area contributed by atoms with Crippen molar-refractivity contribution in [3.63, 3.8) is 0 Å². The zero-order valence-electron chi connectivity index (χ0n) is 43.3. The molecule has 0 spiro atoms. The number of nitrogens with one attached hydrogen (secondary N) is 3. The molecule has 0 radical (unpaired) electrons. The zero-order valence-corrected chi connectivity index (χ0v) is 44.0. The lowest BCUT2D eigenvalue weighted by atomic mass is 9.99. The molecular formula is C58H69ClN8O8. The molecule has 2 amide bonds. The van der Waals surface area contributed by atoms with E-state index in [-0.39, 0.29) is 35.9 Å². The van der Waals surface area contributed by atoms with Crippen LogP contribution in [0, 0.1) is 11.8 Å². The minimum absolute atomic E-state index is 0.00382. The van der Waals surface area contributed by atoms with Crippen molar-refractivity contribution in [2.75, 3.05) is 92.0 Å². The third-order valence-corrected chi connectivity index (χ3v) is 13.0. The Morgan fingerprint density at radius 1 is 0.600 bits per heavy atom. The second kappa shape index (κ2) is 27.0. The number of amides is 2. The van der Waals surface area contributed by atoms with Gasteiger partial charge in [-0.2, -0.15) is 0 Å². The molecule has 396 valence electrons. The van der Waals surface area contributed by atoms with E-state index in [1.165, 1.54) is 11.1 Å². The van der Waals surface area contributed by atoms with Gasteiger partial charge >= 0.3 is 0 Å². The van der Waals surface area contributed by atoms with E-state index >= 15 is 0 Å². The average molecular weight is 1040 g/mol. The van der Waals surface area contributed by atoms with Crippen LogP contribution in [0.3, 0.4) is 0 Å². The van der Waals surface area contributed by atoms with Crippen LogP contribution in [0.15, 0.2) is 122 Å². The molecular weight excluding hydrogens is 972 g/mol. The van der Waals surface area contributed by atoms with E-state index < -0.39 is 0 Å². The number of anilines is 3. The zero-order chi connectivity index (χ0) is 52.5. The van der Waals surface area contributed by atoms with Gasteiger partial charge in [-0.25, -0.2) is 0 Å². The highest BCUT2D eigenvalue weighted by molar-refractivity contribution is 6.30. The van der Waals surface area contributed by atoms with Gasteiger partial charge in [0.05, 0.1) is 24.5 Å². The third-order valence-electron chi connectivity index (χ3n) is 12.8. The fraction of sp³-hybridized carbons (Fsp3) is 0.379. The quantitative estimate of drug-likeness (QED) is 0.0761. The lowest BCUT2D eigenvalue weighted by Crippen LogP contribution is -2.43. The van der Waals surface area contributed by atoms with Gasteiger partial charge in [-0.3, -0.25) is 19.6 Å². The Morgan fingerprint density at radius 3 is 1.60 bits per heavy atom. The van der Waals surface area contributed by atoms with Gasteiger partial charge in [-0.1, -0.05) is 48.0 Å². The van der Waals surface area contributed by atoms with Crippen molar-refractivity contribution < 1.29 is 38.0 Å². The highest BCUT2D eigenvalue weighted by atomic mass is 35.5. The molecule has 0 aliphatic carbocycles. The number of hydrogen-bond acceptors (Lipinski definition) is 14. The number of fused-ring (bicyclic) bond motifs is 2. The summed E-state index contributed by atoms with van der Waals surface area (Å²) in [6.45, 7) is 5.94. The molecule has 10 rings (SSSR count). The summed E-state index contributed by atoms with van der Waals surface area (Å²) in [5.41, 5.74) is 14.1. The first-order valence-corrected chi connectivity index (χ1v) is 26.0. The molecule has 2 atom stereocenters. The lowest BCUT2D eigenvalue weighted by Gasteiger charge is -2.29. The number of carbonyl (C=O) groups is 2. The van der Waals surface area contributed by atoms with Crippen molar-refractivity contribution in [2.24, 2.45) is 11.8 Å². The molecule has 16 nitrogen and oxygen atoms in total. The molecule has 4 aliphatic heterocycles. The van der Waals surface area contributed by atoms with Crippen molar-refractivity contribution in [3.8, 4) is 45.5 Å². The van der Waals surface area contributed by atoms with Gasteiger partial charge in [0.15, 0.2) is 23.0 Å². The molecule has 2 fully saturated rings. The molecule has 0 bridgehead atoms. The Labute approximate surface area is 445 Å². The number of hydrogen-bond donors (Lipinski definition) is 4. The first kappa shape index (κ1) is 54.3. The van der Waals surface area contributed by atoms with Crippen molar-refractivity contribution in [1.29, 1.82) is 0 Å². The molecule has 4 aliphatic rings. The monoisotopic (exact) mass is 1040 g/mol. The van der Waals surface area contributed by atoms with Gasteiger partial charge in [-0.05, 0) is 138 Å². The van der Waals surface area contributed by atoms with Crippen LogP contribution in [0.2, 0.25) is 5.02 Å². The van der Waals surface area contributed by atoms with Gasteiger partial charge in [0.1, 0.15) is 25.4 Å². The first-order chi connectivity index (χ1) is 36.4. The summed E-state index contributed by atoms with van der Waals surface area (Å²) < 4.78 is 35.0. The molecule has 17 heteroatoms. The van der Waals surface area contributed by atoms with Crippen LogP contribution in [-0.4, -0.2) is 125 Å². The predicted octanol–water partition coefficient (Wildman–Crippen LogP) is 8.65. The van der Waals surface area contributed by atoms with Gasteiger partial charge < -0.3 is 59.9 Å².